The van der Waals surface area contributed by atoms with E-state index in [9.17, 15) is 9.59 Å². The Kier molecular flexibility index (Phi) is 7.07. The minimum Gasteiger partial charge on any atom is -0.493 e. The van der Waals surface area contributed by atoms with E-state index >= 15 is 0 Å². The van der Waals surface area contributed by atoms with Crippen molar-refractivity contribution in [3.05, 3.63) is 23.8 Å². The molecule has 0 fully saturated rings. The molecule has 0 aliphatic heterocycles. The highest BCUT2D eigenvalue weighted by atomic mass is 16.5. The molecule has 6 nitrogen and oxygen atoms in total. The largest absolute Gasteiger partial charge is 0.493 e. The lowest BCUT2D eigenvalue weighted by Crippen LogP contribution is -2.51. The van der Waals surface area contributed by atoms with Gasteiger partial charge in [-0.15, -0.1) is 0 Å². The third kappa shape index (κ3) is 5.44. The van der Waals surface area contributed by atoms with Gasteiger partial charge < -0.3 is 19.9 Å². The van der Waals surface area contributed by atoms with Gasteiger partial charge in [0.1, 0.15) is 0 Å². The fraction of sp³-hybridized carbons (Fsp3) is 0.556. The maximum Gasteiger partial charge on any atom is 0.305 e. The zero-order valence-electron chi connectivity index (χ0n) is 15.0. The number of ether oxygens (including phenoxy) is 2. The van der Waals surface area contributed by atoms with Crippen LogP contribution in [-0.4, -0.2) is 36.7 Å². The number of carboxylic acid groups (broad SMARTS) is 1. The van der Waals surface area contributed by atoms with Gasteiger partial charge in [0.15, 0.2) is 11.5 Å². The molecule has 2 N–H and O–H groups in total. The lowest BCUT2D eigenvalue weighted by atomic mass is 9.85. The molecule has 0 aromatic heterocycles. The molecule has 0 aliphatic carbocycles. The molecule has 0 aliphatic rings. The standard InChI is InChI=1S/C18H27NO5/c1-12(2)18(3,11-17(21)22)19-16(20)9-7-13-6-8-14(23-4)15(10-13)24-5/h6,8,10,12H,7,9,11H2,1-5H3,(H,19,20)(H,21,22). The Morgan fingerprint density at radius 3 is 2.33 bits per heavy atom. The lowest BCUT2D eigenvalue weighted by molar-refractivity contribution is -0.139. The van der Waals surface area contributed by atoms with E-state index in [1.54, 1.807) is 27.2 Å². The first-order valence-electron chi connectivity index (χ1n) is 7.95. The molecule has 0 bridgehead atoms. The number of carbonyl (C=O) groups is 2. The van der Waals surface area contributed by atoms with Gasteiger partial charge >= 0.3 is 5.97 Å². The first kappa shape index (κ1) is 19.8. The van der Waals surface area contributed by atoms with E-state index in [4.69, 9.17) is 14.6 Å². The Morgan fingerprint density at radius 1 is 1.21 bits per heavy atom. The van der Waals surface area contributed by atoms with Crippen molar-refractivity contribution in [2.24, 2.45) is 5.92 Å². The molecule has 0 saturated heterocycles. The van der Waals surface area contributed by atoms with Crippen LogP contribution in [0.25, 0.3) is 0 Å². The zero-order chi connectivity index (χ0) is 18.3. The Morgan fingerprint density at radius 2 is 1.83 bits per heavy atom. The number of hydrogen-bond donors (Lipinski definition) is 2. The molecule has 0 radical (unpaired) electrons. The quantitative estimate of drug-likeness (QED) is 0.723. The van der Waals surface area contributed by atoms with E-state index in [0.29, 0.717) is 17.9 Å². The summed E-state index contributed by atoms with van der Waals surface area (Å²) >= 11 is 0. The van der Waals surface area contributed by atoms with Gasteiger partial charge in [0.25, 0.3) is 0 Å². The third-order valence-electron chi connectivity index (χ3n) is 4.31. The number of benzene rings is 1. The summed E-state index contributed by atoms with van der Waals surface area (Å²) in [7, 11) is 3.13. The molecule has 134 valence electrons. The number of methoxy groups -OCH3 is 2. The smallest absolute Gasteiger partial charge is 0.305 e. The van der Waals surface area contributed by atoms with Gasteiger partial charge in [-0.05, 0) is 37.0 Å². The highest BCUT2D eigenvalue weighted by Crippen LogP contribution is 2.28. The number of aryl methyl sites for hydroxylation is 1. The number of carboxylic acids is 1. The van der Waals surface area contributed by atoms with Crippen LogP contribution in [-0.2, 0) is 16.0 Å². The predicted octanol–water partition coefficient (Wildman–Crippen LogP) is 2.64. The molecule has 24 heavy (non-hydrogen) atoms. The van der Waals surface area contributed by atoms with Crippen LogP contribution < -0.4 is 14.8 Å². The Hall–Kier alpha value is -2.24. The summed E-state index contributed by atoms with van der Waals surface area (Å²) in [5.74, 6) is 0.181. The Balaban J connectivity index is 2.70. The predicted molar refractivity (Wildman–Crippen MR) is 91.5 cm³/mol. The van der Waals surface area contributed by atoms with Crippen LogP contribution in [0.15, 0.2) is 18.2 Å². The van der Waals surface area contributed by atoms with Gasteiger partial charge in [0.2, 0.25) is 5.91 Å². The first-order chi connectivity index (χ1) is 11.2. The molecule has 1 unspecified atom stereocenters. The SMILES string of the molecule is COc1ccc(CCC(=O)NC(C)(CC(=O)O)C(C)C)cc1OC. The van der Waals surface area contributed by atoms with Crippen LogP contribution in [0.2, 0.25) is 0 Å². The van der Waals surface area contributed by atoms with E-state index in [0.717, 1.165) is 5.56 Å². The van der Waals surface area contributed by atoms with Gasteiger partial charge in [-0.3, -0.25) is 9.59 Å². The summed E-state index contributed by atoms with van der Waals surface area (Å²) in [6.07, 6.45) is 0.706. The minimum absolute atomic E-state index is 0.0126. The van der Waals surface area contributed by atoms with Crippen molar-refractivity contribution >= 4 is 11.9 Å². The maximum atomic E-state index is 12.2. The van der Waals surface area contributed by atoms with Crippen molar-refractivity contribution in [1.29, 1.82) is 0 Å². The average Bonchev–Trinajstić information content (AvgIpc) is 2.51. The summed E-state index contributed by atoms with van der Waals surface area (Å²) in [5.41, 5.74) is 0.188. The summed E-state index contributed by atoms with van der Waals surface area (Å²) in [6.45, 7) is 5.56. The number of carbonyl (C=O) groups excluding carboxylic acids is 1. The number of rotatable bonds is 9. The summed E-state index contributed by atoms with van der Waals surface area (Å²) < 4.78 is 10.4. The van der Waals surface area contributed by atoms with Gasteiger partial charge in [-0.1, -0.05) is 19.9 Å². The van der Waals surface area contributed by atoms with Crippen LogP contribution >= 0.6 is 0 Å². The van der Waals surface area contributed by atoms with E-state index in [-0.39, 0.29) is 24.7 Å². The number of hydrogen-bond acceptors (Lipinski definition) is 4. The lowest BCUT2D eigenvalue weighted by Gasteiger charge is -2.33. The van der Waals surface area contributed by atoms with E-state index in [1.807, 2.05) is 26.0 Å². The Labute approximate surface area is 143 Å². The number of aliphatic carboxylic acids is 1. The van der Waals surface area contributed by atoms with Crippen LogP contribution in [0.4, 0.5) is 0 Å². The van der Waals surface area contributed by atoms with Gasteiger partial charge in [-0.25, -0.2) is 0 Å². The summed E-state index contributed by atoms with van der Waals surface area (Å²) in [6, 6.07) is 5.52. The molecule has 0 spiro atoms. The highest BCUT2D eigenvalue weighted by molar-refractivity contribution is 5.78. The molecular weight excluding hydrogens is 310 g/mol. The monoisotopic (exact) mass is 337 g/mol. The average molecular weight is 337 g/mol. The fourth-order valence-corrected chi connectivity index (χ4v) is 2.38. The van der Waals surface area contributed by atoms with Crippen LogP contribution in [0.1, 0.15) is 39.2 Å². The van der Waals surface area contributed by atoms with Crippen molar-refractivity contribution < 1.29 is 24.2 Å². The third-order valence-corrected chi connectivity index (χ3v) is 4.31. The van der Waals surface area contributed by atoms with E-state index in [1.165, 1.54) is 0 Å². The minimum atomic E-state index is -0.925. The zero-order valence-corrected chi connectivity index (χ0v) is 15.0. The number of nitrogens with one attached hydrogen (secondary N) is 1. The van der Waals surface area contributed by atoms with Gasteiger partial charge in [0.05, 0.1) is 20.6 Å². The maximum absolute atomic E-state index is 12.2. The molecule has 0 heterocycles. The van der Waals surface area contributed by atoms with E-state index in [2.05, 4.69) is 5.32 Å². The molecule has 1 rings (SSSR count). The first-order valence-corrected chi connectivity index (χ1v) is 7.95. The molecule has 1 amide bonds. The van der Waals surface area contributed by atoms with Crippen LogP contribution in [0, 0.1) is 5.92 Å². The number of amides is 1. The second kappa shape index (κ2) is 8.57. The van der Waals surface area contributed by atoms with Crippen molar-refractivity contribution in [2.45, 2.75) is 45.6 Å². The molecule has 1 aromatic carbocycles. The second-order valence-corrected chi connectivity index (χ2v) is 6.38. The van der Waals surface area contributed by atoms with Crippen LogP contribution in [0.5, 0.6) is 11.5 Å². The van der Waals surface area contributed by atoms with Crippen molar-refractivity contribution in [1.82, 2.24) is 5.32 Å². The molecule has 1 atom stereocenters. The molecule has 6 heteroatoms. The van der Waals surface area contributed by atoms with Crippen molar-refractivity contribution in [3.63, 3.8) is 0 Å². The van der Waals surface area contributed by atoms with Gasteiger partial charge in [-0.2, -0.15) is 0 Å². The van der Waals surface area contributed by atoms with Gasteiger partial charge in [0, 0.05) is 12.0 Å². The molecule has 0 saturated carbocycles. The molecule has 1 aromatic rings. The topological polar surface area (TPSA) is 84.9 Å². The van der Waals surface area contributed by atoms with Crippen molar-refractivity contribution in [3.8, 4) is 11.5 Å². The normalized spacial score (nSPS) is 13.2. The fourth-order valence-electron chi connectivity index (χ4n) is 2.38. The second-order valence-electron chi connectivity index (χ2n) is 6.38. The van der Waals surface area contributed by atoms with Crippen LogP contribution in [0.3, 0.4) is 0 Å². The summed E-state index contributed by atoms with van der Waals surface area (Å²) in [5, 5.41) is 11.9. The molecular formula is C18H27NO5. The van der Waals surface area contributed by atoms with Crippen molar-refractivity contribution in [2.75, 3.05) is 14.2 Å². The highest BCUT2D eigenvalue weighted by Gasteiger charge is 2.32. The Bertz CT molecular complexity index is 585. The van der Waals surface area contributed by atoms with E-state index < -0.39 is 11.5 Å². The summed E-state index contributed by atoms with van der Waals surface area (Å²) in [4.78, 5) is 23.3.